The third-order valence-electron chi connectivity index (χ3n) is 2.07. The van der Waals surface area contributed by atoms with Crippen molar-refractivity contribution in [1.29, 1.82) is 0 Å². The van der Waals surface area contributed by atoms with Gasteiger partial charge < -0.3 is 10.1 Å². The van der Waals surface area contributed by atoms with Crippen LogP contribution in [0, 0.1) is 0 Å². The molecule has 16 heavy (non-hydrogen) atoms. The lowest BCUT2D eigenvalue weighted by molar-refractivity contribution is 0.452. The lowest BCUT2D eigenvalue weighted by Crippen LogP contribution is -2.06. The number of aromatic nitrogens is 2. The molecule has 0 aliphatic carbocycles. The van der Waals surface area contributed by atoms with Gasteiger partial charge in [-0.25, -0.2) is 0 Å². The van der Waals surface area contributed by atoms with E-state index in [9.17, 15) is 9.90 Å². The number of hydrogen-bond donors (Lipinski definition) is 2. The van der Waals surface area contributed by atoms with Crippen LogP contribution in [-0.2, 0) is 0 Å². The molecular weight excluding hydrogens is 224 g/mol. The second-order valence-corrected chi connectivity index (χ2v) is 4.06. The highest BCUT2D eigenvalue weighted by atomic mass is 32.2. The number of hydrogen-bond acceptors (Lipinski definition) is 4. The quantitative estimate of drug-likeness (QED) is 0.778. The van der Waals surface area contributed by atoms with E-state index < -0.39 is 0 Å². The number of benzene rings is 1. The van der Waals surface area contributed by atoms with E-state index in [0.717, 1.165) is 16.5 Å². The summed E-state index contributed by atoms with van der Waals surface area (Å²) in [5.41, 5.74) is 0.414. The average Bonchev–Trinajstić information content (AvgIpc) is 2.28. The summed E-state index contributed by atoms with van der Waals surface area (Å²) < 4.78 is 0. The van der Waals surface area contributed by atoms with Crippen LogP contribution in [0.4, 0.5) is 0 Å². The van der Waals surface area contributed by atoms with Gasteiger partial charge in [0.2, 0.25) is 5.88 Å². The summed E-state index contributed by atoms with van der Waals surface area (Å²) >= 11 is 1.60. The molecule has 0 amide bonds. The highest BCUT2D eigenvalue weighted by molar-refractivity contribution is 7.98. The van der Waals surface area contributed by atoms with Crippen LogP contribution < -0.4 is 5.56 Å². The maximum absolute atomic E-state index is 11.2. The summed E-state index contributed by atoms with van der Waals surface area (Å²) in [6, 6.07) is 8.63. The average molecular weight is 234 g/mol. The maximum atomic E-state index is 11.2. The number of H-pyrrole nitrogens is 1. The normalized spacial score (nSPS) is 10.3. The van der Waals surface area contributed by atoms with Crippen LogP contribution >= 0.6 is 11.8 Å². The Bertz CT molecular complexity index is 566. The Kier molecular flexibility index (Phi) is 2.96. The molecule has 0 atom stereocenters. The molecule has 2 rings (SSSR count). The molecule has 1 aromatic heterocycles. The number of aromatic hydroxyl groups is 1. The zero-order valence-electron chi connectivity index (χ0n) is 8.60. The standard InChI is InChI=1S/C11H10N2O2S/c1-16-8-4-2-3-7(5-8)11-12-9(14)6-10(15)13-11/h2-6H,1H3,(H2,12,13,14,15). The summed E-state index contributed by atoms with van der Waals surface area (Å²) in [7, 11) is 0. The van der Waals surface area contributed by atoms with E-state index in [4.69, 9.17) is 0 Å². The van der Waals surface area contributed by atoms with Crippen LogP contribution in [0.15, 0.2) is 40.0 Å². The molecule has 0 unspecified atom stereocenters. The summed E-state index contributed by atoms with van der Waals surface area (Å²) in [4.78, 5) is 18.7. The Hall–Kier alpha value is -1.75. The van der Waals surface area contributed by atoms with E-state index in [2.05, 4.69) is 9.97 Å². The molecule has 0 saturated heterocycles. The van der Waals surface area contributed by atoms with Crippen molar-refractivity contribution in [2.75, 3.05) is 6.26 Å². The van der Waals surface area contributed by atoms with E-state index in [0.29, 0.717) is 5.82 Å². The first kappa shape index (κ1) is 10.8. The topological polar surface area (TPSA) is 66.0 Å². The van der Waals surface area contributed by atoms with Gasteiger partial charge in [-0.05, 0) is 18.4 Å². The van der Waals surface area contributed by atoms with Gasteiger partial charge in [-0.1, -0.05) is 12.1 Å². The van der Waals surface area contributed by atoms with Gasteiger partial charge in [-0.15, -0.1) is 11.8 Å². The van der Waals surface area contributed by atoms with Gasteiger partial charge >= 0.3 is 0 Å². The highest BCUT2D eigenvalue weighted by Crippen LogP contribution is 2.21. The molecule has 0 bridgehead atoms. The summed E-state index contributed by atoms with van der Waals surface area (Å²) in [5.74, 6) is 0.106. The van der Waals surface area contributed by atoms with Crippen LogP contribution in [0.25, 0.3) is 11.4 Å². The molecule has 1 aromatic carbocycles. The molecule has 0 radical (unpaired) electrons. The minimum Gasteiger partial charge on any atom is -0.493 e. The predicted octanol–water partition coefficient (Wildman–Crippen LogP) is 1.86. The Balaban J connectivity index is 2.53. The van der Waals surface area contributed by atoms with Crippen LogP contribution in [0.2, 0.25) is 0 Å². The van der Waals surface area contributed by atoms with Crippen molar-refractivity contribution in [2.45, 2.75) is 4.90 Å². The second kappa shape index (κ2) is 4.40. The Labute approximate surface area is 96.4 Å². The fourth-order valence-electron chi connectivity index (χ4n) is 1.35. The SMILES string of the molecule is CSc1cccc(-c2nc(O)cc(=O)[nH]2)c1. The molecule has 0 saturated carbocycles. The van der Waals surface area contributed by atoms with Crippen molar-refractivity contribution in [1.82, 2.24) is 9.97 Å². The molecular formula is C11H10N2O2S. The zero-order valence-corrected chi connectivity index (χ0v) is 9.41. The van der Waals surface area contributed by atoms with Crippen molar-refractivity contribution < 1.29 is 5.11 Å². The zero-order chi connectivity index (χ0) is 11.5. The summed E-state index contributed by atoms with van der Waals surface area (Å²) in [6.07, 6.45) is 1.97. The van der Waals surface area contributed by atoms with Gasteiger partial charge in [-0.2, -0.15) is 4.98 Å². The Morgan fingerprint density at radius 1 is 1.38 bits per heavy atom. The summed E-state index contributed by atoms with van der Waals surface area (Å²) in [6.45, 7) is 0. The molecule has 0 spiro atoms. The fourth-order valence-corrected chi connectivity index (χ4v) is 1.81. The van der Waals surface area contributed by atoms with E-state index in [1.807, 2.05) is 30.5 Å². The van der Waals surface area contributed by atoms with Gasteiger partial charge in [0.05, 0.1) is 6.07 Å². The molecule has 4 nitrogen and oxygen atoms in total. The molecule has 2 N–H and O–H groups in total. The first-order chi connectivity index (χ1) is 7.69. The molecule has 0 aliphatic rings. The molecule has 5 heteroatoms. The smallest absolute Gasteiger partial charge is 0.254 e. The van der Waals surface area contributed by atoms with Crippen molar-refractivity contribution in [3.8, 4) is 17.3 Å². The Morgan fingerprint density at radius 2 is 2.19 bits per heavy atom. The van der Waals surface area contributed by atoms with E-state index >= 15 is 0 Å². The van der Waals surface area contributed by atoms with E-state index in [-0.39, 0.29) is 11.4 Å². The number of aromatic amines is 1. The third-order valence-corrected chi connectivity index (χ3v) is 2.80. The maximum Gasteiger partial charge on any atom is 0.254 e. The number of rotatable bonds is 2. The lowest BCUT2D eigenvalue weighted by Gasteiger charge is -2.02. The molecule has 1 heterocycles. The van der Waals surface area contributed by atoms with Gasteiger partial charge in [-0.3, -0.25) is 4.79 Å². The highest BCUT2D eigenvalue weighted by Gasteiger charge is 2.03. The first-order valence-electron chi connectivity index (χ1n) is 4.64. The lowest BCUT2D eigenvalue weighted by atomic mass is 10.2. The molecule has 0 fully saturated rings. The minimum atomic E-state index is -0.364. The Morgan fingerprint density at radius 3 is 2.88 bits per heavy atom. The van der Waals surface area contributed by atoms with Gasteiger partial charge in [0.15, 0.2) is 0 Å². The van der Waals surface area contributed by atoms with Gasteiger partial charge in [0, 0.05) is 10.5 Å². The molecule has 82 valence electrons. The van der Waals surface area contributed by atoms with E-state index in [1.165, 1.54) is 0 Å². The van der Waals surface area contributed by atoms with Crippen LogP contribution in [0.5, 0.6) is 5.88 Å². The van der Waals surface area contributed by atoms with Crippen LogP contribution in [-0.4, -0.2) is 21.3 Å². The minimum absolute atomic E-state index is 0.270. The number of nitrogens with zero attached hydrogens (tertiary/aromatic N) is 1. The monoisotopic (exact) mass is 234 g/mol. The van der Waals surface area contributed by atoms with Gasteiger partial charge in [0.1, 0.15) is 5.82 Å². The summed E-state index contributed by atoms with van der Waals surface area (Å²) in [5, 5.41) is 9.25. The van der Waals surface area contributed by atoms with Crippen LogP contribution in [0.1, 0.15) is 0 Å². The molecule has 2 aromatic rings. The second-order valence-electron chi connectivity index (χ2n) is 3.18. The number of nitrogens with one attached hydrogen (secondary N) is 1. The van der Waals surface area contributed by atoms with Crippen molar-refractivity contribution in [2.24, 2.45) is 0 Å². The van der Waals surface area contributed by atoms with Crippen LogP contribution in [0.3, 0.4) is 0 Å². The van der Waals surface area contributed by atoms with E-state index in [1.54, 1.807) is 11.8 Å². The first-order valence-corrected chi connectivity index (χ1v) is 5.86. The predicted molar refractivity (Wildman–Crippen MR) is 63.7 cm³/mol. The van der Waals surface area contributed by atoms with Crippen molar-refractivity contribution in [3.05, 3.63) is 40.7 Å². The number of thioether (sulfide) groups is 1. The molecule has 0 aliphatic heterocycles. The fraction of sp³-hybridized carbons (Fsp3) is 0.0909. The largest absolute Gasteiger partial charge is 0.493 e. The van der Waals surface area contributed by atoms with Crippen molar-refractivity contribution in [3.63, 3.8) is 0 Å². The van der Waals surface area contributed by atoms with Crippen molar-refractivity contribution >= 4 is 11.8 Å². The third kappa shape index (κ3) is 2.25. The van der Waals surface area contributed by atoms with Gasteiger partial charge in [0.25, 0.3) is 5.56 Å².